The highest BCUT2D eigenvalue weighted by Gasteiger charge is 2.38. The van der Waals surface area contributed by atoms with E-state index in [2.05, 4.69) is 15.6 Å². The van der Waals surface area contributed by atoms with Gasteiger partial charge in [-0.1, -0.05) is 12.1 Å². The van der Waals surface area contributed by atoms with E-state index < -0.39 is 54.5 Å². The van der Waals surface area contributed by atoms with Crippen LogP contribution in [0.4, 0.5) is 0 Å². The van der Waals surface area contributed by atoms with E-state index in [1.807, 2.05) is 0 Å². The third-order valence-corrected chi connectivity index (χ3v) is 5.93. The number of phenols is 1. The van der Waals surface area contributed by atoms with E-state index in [0.717, 1.165) is 4.90 Å². The number of nitrogens with zero attached hydrogens (tertiary/aromatic N) is 2. The molecule has 1 heterocycles. The van der Waals surface area contributed by atoms with Gasteiger partial charge in [-0.2, -0.15) is 0 Å². The lowest BCUT2D eigenvalue weighted by molar-refractivity contribution is -0.150. The third-order valence-electron chi connectivity index (χ3n) is 5.93. The van der Waals surface area contributed by atoms with E-state index >= 15 is 0 Å². The van der Waals surface area contributed by atoms with Crippen LogP contribution in [0.1, 0.15) is 31.2 Å². The molecule has 1 saturated heterocycles. The van der Waals surface area contributed by atoms with Crippen molar-refractivity contribution in [3.05, 3.63) is 29.8 Å². The molecule has 0 aliphatic carbocycles. The first-order valence-electron chi connectivity index (χ1n) is 11.9. The number of phenolic OH excluding ortho intramolecular Hbond substituents is 1. The predicted molar refractivity (Wildman–Crippen MR) is 133 cm³/mol. The predicted octanol–water partition coefficient (Wildman–Crippen LogP) is -2.65. The molecule has 1 aromatic carbocycles. The molecule has 0 aromatic heterocycles. The number of nitrogens with one attached hydrogen (secondary N) is 2. The lowest BCUT2D eigenvalue weighted by Gasteiger charge is -2.28. The number of nitrogens with two attached hydrogens (primary N) is 3. The molecule has 1 aliphatic rings. The Labute approximate surface area is 213 Å². The number of hydrogen-bond acceptors (Lipinski definition) is 8. The normalized spacial score (nSPS) is 17.4. The fourth-order valence-electron chi connectivity index (χ4n) is 3.97. The van der Waals surface area contributed by atoms with Crippen molar-refractivity contribution in [3.8, 4) is 5.75 Å². The van der Waals surface area contributed by atoms with Crippen molar-refractivity contribution >= 4 is 29.7 Å². The smallest absolute Gasteiger partial charge is 0.326 e. The van der Waals surface area contributed by atoms with E-state index in [9.17, 15) is 34.5 Å². The fraction of sp³-hybridized carbons (Fsp3) is 0.522. The fourth-order valence-corrected chi connectivity index (χ4v) is 3.97. The van der Waals surface area contributed by atoms with Crippen LogP contribution in [0.5, 0.6) is 5.75 Å². The van der Waals surface area contributed by atoms with Crippen molar-refractivity contribution in [1.29, 1.82) is 0 Å². The van der Waals surface area contributed by atoms with Crippen LogP contribution in [0, 0.1) is 0 Å². The standard InChI is InChI=1S/C23H35N7O7/c24-15(11-13-5-7-14(32)8-6-13)19(33)28-16(3-1-9-27-23(25)26)20(34)29-17(12-31)21(35)30-10-2-4-18(30)22(36)37/h5-8,15-18,31-32H,1-4,9-12,24H2,(H,28,33)(H,29,34)(H,36,37)(H4,25,26,27). The Morgan fingerprint density at radius 1 is 1.08 bits per heavy atom. The summed E-state index contributed by atoms with van der Waals surface area (Å²) in [6.07, 6.45) is 1.28. The summed E-state index contributed by atoms with van der Waals surface area (Å²) in [7, 11) is 0. The number of aliphatic carboxylic acids is 1. The van der Waals surface area contributed by atoms with Crippen LogP contribution in [0.25, 0.3) is 0 Å². The van der Waals surface area contributed by atoms with Crippen LogP contribution < -0.4 is 27.8 Å². The number of carbonyl (C=O) groups excluding carboxylic acids is 3. The average Bonchev–Trinajstić information content (AvgIpc) is 3.35. The SMILES string of the molecule is NC(N)=NCCCC(NC(=O)C(N)Cc1ccc(O)cc1)C(=O)NC(CO)C(=O)N1CCCC1C(=O)O. The first-order valence-corrected chi connectivity index (χ1v) is 11.9. The second-order valence-electron chi connectivity index (χ2n) is 8.76. The molecule has 204 valence electrons. The minimum Gasteiger partial charge on any atom is -0.508 e. The number of rotatable bonds is 13. The van der Waals surface area contributed by atoms with Crippen LogP contribution in [0.2, 0.25) is 0 Å². The second-order valence-corrected chi connectivity index (χ2v) is 8.76. The first-order chi connectivity index (χ1) is 17.5. The molecule has 0 bridgehead atoms. The van der Waals surface area contributed by atoms with Gasteiger partial charge in [0.15, 0.2) is 5.96 Å². The van der Waals surface area contributed by atoms with Gasteiger partial charge in [0, 0.05) is 13.1 Å². The van der Waals surface area contributed by atoms with Gasteiger partial charge in [0.2, 0.25) is 17.7 Å². The van der Waals surface area contributed by atoms with Gasteiger partial charge in [0.05, 0.1) is 12.6 Å². The van der Waals surface area contributed by atoms with Gasteiger partial charge in [-0.15, -0.1) is 0 Å². The van der Waals surface area contributed by atoms with Crippen molar-refractivity contribution in [1.82, 2.24) is 15.5 Å². The molecule has 0 spiro atoms. The van der Waals surface area contributed by atoms with E-state index in [4.69, 9.17) is 17.2 Å². The summed E-state index contributed by atoms with van der Waals surface area (Å²) in [5.41, 5.74) is 17.3. The number of aliphatic hydroxyl groups is 1. The van der Waals surface area contributed by atoms with E-state index in [-0.39, 0.29) is 44.1 Å². The van der Waals surface area contributed by atoms with Crippen molar-refractivity contribution in [2.75, 3.05) is 19.7 Å². The van der Waals surface area contributed by atoms with Gasteiger partial charge < -0.3 is 48.1 Å². The van der Waals surface area contributed by atoms with Gasteiger partial charge in [-0.05, 0) is 49.8 Å². The lowest BCUT2D eigenvalue weighted by atomic mass is 10.0. The molecule has 14 heteroatoms. The van der Waals surface area contributed by atoms with Crippen LogP contribution in [-0.2, 0) is 25.6 Å². The van der Waals surface area contributed by atoms with Gasteiger partial charge in [0.1, 0.15) is 23.9 Å². The number of aliphatic imine (C=N–C) groups is 1. The number of carboxylic acids is 1. The summed E-state index contributed by atoms with van der Waals surface area (Å²) < 4.78 is 0. The van der Waals surface area contributed by atoms with Crippen molar-refractivity contribution < 1.29 is 34.5 Å². The minimum absolute atomic E-state index is 0.0656. The largest absolute Gasteiger partial charge is 0.508 e. The summed E-state index contributed by atoms with van der Waals surface area (Å²) in [5.74, 6) is -3.35. The molecule has 4 unspecified atom stereocenters. The Morgan fingerprint density at radius 3 is 2.32 bits per heavy atom. The second kappa shape index (κ2) is 14.0. The number of amides is 3. The summed E-state index contributed by atoms with van der Waals surface area (Å²) in [6, 6.07) is 1.56. The number of benzene rings is 1. The van der Waals surface area contributed by atoms with Gasteiger partial charge in [-0.25, -0.2) is 4.79 Å². The number of carbonyl (C=O) groups is 4. The molecule has 3 amide bonds. The monoisotopic (exact) mass is 521 g/mol. The van der Waals surface area contributed by atoms with Crippen LogP contribution in [0.3, 0.4) is 0 Å². The van der Waals surface area contributed by atoms with Gasteiger partial charge in [-0.3, -0.25) is 19.4 Å². The molecule has 1 fully saturated rings. The van der Waals surface area contributed by atoms with Crippen LogP contribution >= 0.6 is 0 Å². The summed E-state index contributed by atoms with van der Waals surface area (Å²) >= 11 is 0. The van der Waals surface area contributed by atoms with E-state index in [1.54, 1.807) is 12.1 Å². The van der Waals surface area contributed by atoms with Gasteiger partial charge >= 0.3 is 5.97 Å². The van der Waals surface area contributed by atoms with Crippen molar-refractivity contribution in [3.63, 3.8) is 0 Å². The van der Waals surface area contributed by atoms with E-state index in [0.29, 0.717) is 18.4 Å². The molecule has 1 aliphatic heterocycles. The molecular weight excluding hydrogens is 486 g/mol. The molecule has 1 aromatic rings. The minimum atomic E-state index is -1.39. The highest BCUT2D eigenvalue weighted by Crippen LogP contribution is 2.18. The Morgan fingerprint density at radius 2 is 1.73 bits per heavy atom. The van der Waals surface area contributed by atoms with Crippen LogP contribution in [-0.4, -0.2) is 93.7 Å². The zero-order chi connectivity index (χ0) is 27.5. The summed E-state index contributed by atoms with van der Waals surface area (Å²) in [4.78, 5) is 55.1. The maximum Gasteiger partial charge on any atom is 0.326 e. The zero-order valence-electron chi connectivity index (χ0n) is 20.4. The molecule has 0 radical (unpaired) electrons. The summed E-state index contributed by atoms with van der Waals surface area (Å²) in [6.45, 7) is -0.395. The van der Waals surface area contributed by atoms with Crippen molar-refractivity contribution in [2.45, 2.75) is 56.3 Å². The zero-order valence-corrected chi connectivity index (χ0v) is 20.4. The number of hydrogen-bond donors (Lipinski definition) is 8. The third kappa shape index (κ3) is 8.91. The topological polar surface area (TPSA) is 247 Å². The molecule has 11 N–H and O–H groups in total. The molecule has 37 heavy (non-hydrogen) atoms. The highest BCUT2D eigenvalue weighted by molar-refractivity contribution is 5.94. The average molecular weight is 522 g/mol. The number of likely N-dealkylation sites (tertiary alicyclic amines) is 1. The van der Waals surface area contributed by atoms with E-state index in [1.165, 1.54) is 12.1 Å². The Hall–Kier alpha value is -3.91. The van der Waals surface area contributed by atoms with Gasteiger partial charge in [0.25, 0.3) is 0 Å². The number of aliphatic hydroxyl groups excluding tert-OH is 1. The summed E-state index contributed by atoms with van der Waals surface area (Å²) in [5, 5.41) is 33.5. The lowest BCUT2D eigenvalue weighted by Crippen LogP contribution is -2.58. The molecule has 14 nitrogen and oxygen atoms in total. The maximum atomic E-state index is 13.1. The van der Waals surface area contributed by atoms with Crippen LogP contribution in [0.15, 0.2) is 29.3 Å². The van der Waals surface area contributed by atoms with Crippen molar-refractivity contribution in [2.24, 2.45) is 22.2 Å². The number of guanidine groups is 1. The molecule has 0 saturated carbocycles. The Balaban J connectivity index is 2.09. The quantitative estimate of drug-likeness (QED) is 0.0760. The number of carboxylic acid groups (broad SMARTS) is 1. The molecule has 4 atom stereocenters. The highest BCUT2D eigenvalue weighted by atomic mass is 16.4. The molecule has 2 rings (SSSR count). The molecular formula is C23H35N7O7. The number of aromatic hydroxyl groups is 1. The Kier molecular flexibility index (Phi) is 11.1. The Bertz CT molecular complexity index is 982. The first kappa shape index (κ1) is 29.3. The maximum absolute atomic E-state index is 13.1.